The predicted octanol–water partition coefficient (Wildman–Crippen LogP) is 4.53. The van der Waals surface area contributed by atoms with Crippen molar-refractivity contribution in [2.24, 2.45) is 10.4 Å². The molecule has 5 heteroatoms. The summed E-state index contributed by atoms with van der Waals surface area (Å²) in [7, 11) is 0. The lowest BCUT2D eigenvalue weighted by Gasteiger charge is -2.21. The van der Waals surface area contributed by atoms with Crippen molar-refractivity contribution in [2.45, 2.75) is 32.4 Å². The fourth-order valence-electron chi connectivity index (χ4n) is 2.08. The van der Waals surface area contributed by atoms with Crippen LogP contribution < -0.4 is 5.32 Å². The molecule has 0 bridgehead atoms. The second kappa shape index (κ2) is 6.07. The highest BCUT2D eigenvalue weighted by Gasteiger charge is 2.25. The van der Waals surface area contributed by atoms with Gasteiger partial charge in [0, 0.05) is 10.9 Å². The van der Waals surface area contributed by atoms with Crippen molar-refractivity contribution in [1.82, 2.24) is 0 Å². The highest BCUT2D eigenvalue weighted by molar-refractivity contribution is 8.15. The fraction of sp³-hybridized carbons (Fsp3) is 0.467. The van der Waals surface area contributed by atoms with E-state index in [0.29, 0.717) is 21.3 Å². The minimum Gasteiger partial charge on any atom is -0.335 e. The van der Waals surface area contributed by atoms with Crippen LogP contribution in [0, 0.1) is 16.7 Å². The van der Waals surface area contributed by atoms with Gasteiger partial charge in [-0.1, -0.05) is 44.1 Å². The van der Waals surface area contributed by atoms with E-state index in [2.05, 4.69) is 37.1 Å². The van der Waals surface area contributed by atoms with Crippen molar-refractivity contribution >= 4 is 34.2 Å². The third-order valence-corrected chi connectivity index (χ3v) is 4.31. The smallest absolute Gasteiger partial charge is 0.161 e. The van der Waals surface area contributed by atoms with Crippen molar-refractivity contribution in [1.29, 1.82) is 5.26 Å². The average molecular weight is 308 g/mol. The fourth-order valence-corrected chi connectivity index (χ4v) is 3.68. The monoisotopic (exact) mass is 307 g/mol. The maximum Gasteiger partial charge on any atom is 0.161 e. The van der Waals surface area contributed by atoms with Crippen LogP contribution in [0.25, 0.3) is 0 Å². The molecular weight excluding hydrogens is 290 g/mol. The molecule has 1 heterocycles. The summed E-state index contributed by atoms with van der Waals surface area (Å²) in [6.07, 6.45) is 1.14. The summed E-state index contributed by atoms with van der Waals surface area (Å²) in [5.74, 6) is 0. The van der Waals surface area contributed by atoms with Crippen LogP contribution in [0.2, 0.25) is 5.02 Å². The summed E-state index contributed by atoms with van der Waals surface area (Å²) in [6, 6.07) is 7.39. The highest BCUT2D eigenvalue weighted by atomic mass is 35.5. The van der Waals surface area contributed by atoms with E-state index in [1.807, 2.05) is 6.07 Å². The number of aliphatic imine (C=N–C) groups is 1. The van der Waals surface area contributed by atoms with Gasteiger partial charge in [0.1, 0.15) is 6.07 Å². The zero-order chi connectivity index (χ0) is 14.8. The van der Waals surface area contributed by atoms with Gasteiger partial charge >= 0.3 is 0 Å². The molecule has 0 radical (unpaired) electrons. The van der Waals surface area contributed by atoms with Gasteiger partial charge in [-0.05, 0) is 30.0 Å². The Morgan fingerprint density at radius 1 is 1.50 bits per heavy atom. The molecular formula is C15H18ClN3S. The van der Waals surface area contributed by atoms with Gasteiger partial charge in [0.05, 0.1) is 17.1 Å². The van der Waals surface area contributed by atoms with Gasteiger partial charge < -0.3 is 5.32 Å². The highest BCUT2D eigenvalue weighted by Crippen LogP contribution is 2.32. The number of hydrogen-bond acceptors (Lipinski definition) is 4. The number of thioether (sulfide) groups is 1. The molecule has 1 N–H and O–H groups in total. The Balaban J connectivity index is 1.96. The molecule has 0 aromatic heterocycles. The number of nitrogens with one attached hydrogen (secondary N) is 1. The molecule has 1 aromatic rings. The number of nitriles is 1. The summed E-state index contributed by atoms with van der Waals surface area (Å²) in [6.45, 7) is 7.60. The van der Waals surface area contributed by atoms with E-state index in [1.165, 1.54) is 0 Å². The first-order valence-electron chi connectivity index (χ1n) is 6.55. The molecule has 0 saturated heterocycles. The lowest BCUT2D eigenvalue weighted by Crippen LogP contribution is -2.16. The normalized spacial score (nSPS) is 18.6. The van der Waals surface area contributed by atoms with E-state index in [9.17, 15) is 0 Å². The van der Waals surface area contributed by atoms with Crippen molar-refractivity contribution in [2.75, 3.05) is 11.9 Å². The van der Waals surface area contributed by atoms with E-state index in [0.717, 1.165) is 23.8 Å². The van der Waals surface area contributed by atoms with E-state index in [4.69, 9.17) is 16.9 Å². The Hall–Kier alpha value is -1.18. The molecule has 0 amide bonds. The molecule has 20 heavy (non-hydrogen) atoms. The van der Waals surface area contributed by atoms with Crippen LogP contribution in [-0.2, 0) is 0 Å². The van der Waals surface area contributed by atoms with Crippen molar-refractivity contribution in [3.8, 4) is 6.07 Å². The summed E-state index contributed by atoms with van der Waals surface area (Å²) in [4.78, 5) is 4.53. The van der Waals surface area contributed by atoms with E-state index < -0.39 is 0 Å². The van der Waals surface area contributed by atoms with Crippen LogP contribution in [-0.4, -0.2) is 17.0 Å². The van der Waals surface area contributed by atoms with Crippen molar-refractivity contribution in [3.63, 3.8) is 0 Å². The SMILES string of the molecule is CC(C)(C)CC1CN=C(Nc2ccc(C#N)c(Cl)c2)S1. The third-order valence-electron chi connectivity index (χ3n) is 2.90. The van der Waals surface area contributed by atoms with Crippen LogP contribution in [0.3, 0.4) is 0 Å². The maximum absolute atomic E-state index is 8.85. The third kappa shape index (κ3) is 4.16. The molecule has 106 valence electrons. The van der Waals surface area contributed by atoms with Gasteiger partial charge in [-0.2, -0.15) is 5.26 Å². The minimum atomic E-state index is 0.320. The van der Waals surface area contributed by atoms with Crippen LogP contribution in [0.4, 0.5) is 5.69 Å². The summed E-state index contributed by atoms with van der Waals surface area (Å²) >= 11 is 7.80. The number of rotatable bonds is 2. The van der Waals surface area contributed by atoms with Crippen molar-refractivity contribution in [3.05, 3.63) is 28.8 Å². The minimum absolute atomic E-state index is 0.320. The first-order chi connectivity index (χ1) is 9.37. The molecule has 3 nitrogen and oxygen atoms in total. The zero-order valence-corrected chi connectivity index (χ0v) is 13.5. The largest absolute Gasteiger partial charge is 0.335 e. The van der Waals surface area contributed by atoms with Crippen LogP contribution in [0.5, 0.6) is 0 Å². The molecule has 1 unspecified atom stereocenters. The second-order valence-corrected chi connectivity index (χ2v) is 7.78. The predicted molar refractivity (Wildman–Crippen MR) is 87.5 cm³/mol. The second-order valence-electron chi connectivity index (χ2n) is 6.08. The van der Waals surface area contributed by atoms with Gasteiger partial charge in [-0.15, -0.1) is 0 Å². The number of hydrogen-bond donors (Lipinski definition) is 1. The Morgan fingerprint density at radius 2 is 2.25 bits per heavy atom. The summed E-state index contributed by atoms with van der Waals surface area (Å²) < 4.78 is 0. The van der Waals surface area contributed by atoms with E-state index in [-0.39, 0.29) is 0 Å². The lowest BCUT2D eigenvalue weighted by molar-refractivity contribution is 0.375. The van der Waals surface area contributed by atoms with Crippen LogP contribution in [0.15, 0.2) is 23.2 Å². The molecule has 1 aliphatic rings. The van der Waals surface area contributed by atoms with Crippen molar-refractivity contribution < 1.29 is 0 Å². The first kappa shape index (κ1) is 15.2. The number of benzene rings is 1. The molecule has 0 saturated carbocycles. The number of amidine groups is 1. The standard InChI is InChI=1S/C15H18ClN3S/c1-15(2,3)7-12-9-18-14(20-12)19-11-5-4-10(8-17)13(16)6-11/h4-6,12H,7,9H2,1-3H3,(H,18,19). The van der Waals surface area contributed by atoms with Gasteiger partial charge in [0.2, 0.25) is 0 Å². The molecule has 1 aromatic carbocycles. The Kier molecular flexibility index (Phi) is 4.62. The molecule has 0 spiro atoms. The van der Waals surface area contributed by atoms with Gasteiger partial charge in [-0.25, -0.2) is 0 Å². The van der Waals surface area contributed by atoms with E-state index >= 15 is 0 Å². The van der Waals surface area contributed by atoms with Gasteiger partial charge in [0.25, 0.3) is 0 Å². The summed E-state index contributed by atoms with van der Waals surface area (Å²) in [5.41, 5.74) is 1.68. The number of nitrogens with zero attached hydrogens (tertiary/aromatic N) is 2. The number of anilines is 1. The van der Waals surface area contributed by atoms with Crippen LogP contribution in [0.1, 0.15) is 32.8 Å². The molecule has 0 fully saturated rings. The number of halogens is 1. The van der Waals surface area contributed by atoms with Gasteiger partial charge in [-0.3, -0.25) is 4.99 Å². The Labute approximate surface area is 129 Å². The Bertz CT molecular complexity index is 569. The van der Waals surface area contributed by atoms with Gasteiger partial charge in [0.15, 0.2) is 5.17 Å². The van der Waals surface area contributed by atoms with E-state index in [1.54, 1.807) is 23.9 Å². The Morgan fingerprint density at radius 3 is 2.85 bits per heavy atom. The van der Waals surface area contributed by atoms with Crippen LogP contribution >= 0.6 is 23.4 Å². The maximum atomic E-state index is 8.85. The molecule has 1 aliphatic heterocycles. The average Bonchev–Trinajstić information content (AvgIpc) is 2.74. The quantitative estimate of drug-likeness (QED) is 0.873. The topological polar surface area (TPSA) is 48.2 Å². The lowest BCUT2D eigenvalue weighted by atomic mass is 9.90. The molecule has 0 aliphatic carbocycles. The summed E-state index contributed by atoms with van der Waals surface area (Å²) in [5, 5.41) is 14.1. The molecule has 2 rings (SSSR count). The zero-order valence-electron chi connectivity index (χ0n) is 11.9. The first-order valence-corrected chi connectivity index (χ1v) is 7.81. The molecule has 1 atom stereocenters.